The maximum atomic E-state index is 13.7. The zero-order valence-corrected chi connectivity index (χ0v) is 10.6. The summed E-state index contributed by atoms with van der Waals surface area (Å²) in [5, 5.41) is 2.84. The van der Waals surface area contributed by atoms with Gasteiger partial charge in [-0.25, -0.2) is 8.78 Å². The monoisotopic (exact) mass is 263 g/mol. The first kappa shape index (κ1) is 13.5. The molecule has 0 bridgehead atoms. The third-order valence-corrected chi connectivity index (χ3v) is 2.66. The largest absolute Gasteiger partial charge is 0.483 e. The normalized spacial score (nSPS) is 10.5. The molecule has 0 amide bonds. The quantitative estimate of drug-likeness (QED) is 0.894. The molecule has 0 heterocycles. The van der Waals surface area contributed by atoms with Crippen LogP contribution in [0.2, 0.25) is 0 Å². The van der Waals surface area contributed by atoms with Crippen molar-refractivity contribution in [2.75, 3.05) is 7.05 Å². The summed E-state index contributed by atoms with van der Waals surface area (Å²) in [5.41, 5.74) is 1.41. The van der Waals surface area contributed by atoms with Crippen molar-refractivity contribution in [2.24, 2.45) is 0 Å². The molecular weight excluding hydrogens is 248 g/mol. The van der Waals surface area contributed by atoms with Crippen LogP contribution in [0.1, 0.15) is 11.1 Å². The second-order valence-corrected chi connectivity index (χ2v) is 4.19. The summed E-state index contributed by atoms with van der Waals surface area (Å²) in [7, 11) is 1.72. The zero-order valence-electron chi connectivity index (χ0n) is 10.6. The molecule has 2 aromatic rings. The van der Waals surface area contributed by atoms with Gasteiger partial charge in [0.05, 0.1) is 0 Å². The van der Waals surface area contributed by atoms with Crippen LogP contribution in [-0.2, 0) is 13.2 Å². The minimum absolute atomic E-state index is 0.139. The molecule has 4 heteroatoms. The van der Waals surface area contributed by atoms with Crippen LogP contribution in [0.25, 0.3) is 0 Å². The average molecular weight is 263 g/mol. The lowest BCUT2D eigenvalue weighted by atomic mass is 10.2. The second-order valence-electron chi connectivity index (χ2n) is 4.19. The summed E-state index contributed by atoms with van der Waals surface area (Å²) in [5.74, 6) is -1.69. The molecule has 2 nitrogen and oxygen atoms in total. The maximum absolute atomic E-state index is 13.7. The Morgan fingerprint density at radius 3 is 2.21 bits per heavy atom. The van der Waals surface area contributed by atoms with Gasteiger partial charge in [0.2, 0.25) is 0 Å². The van der Waals surface area contributed by atoms with E-state index < -0.39 is 11.6 Å². The molecule has 1 N–H and O–H groups in total. The Kier molecular flexibility index (Phi) is 4.47. The smallest absolute Gasteiger partial charge is 0.191 e. The summed E-state index contributed by atoms with van der Waals surface area (Å²) in [6, 6.07) is 11.8. The van der Waals surface area contributed by atoms with Crippen molar-refractivity contribution in [3.63, 3.8) is 0 Å². The third-order valence-electron chi connectivity index (χ3n) is 2.66. The van der Waals surface area contributed by atoms with E-state index >= 15 is 0 Å². The summed E-state index contributed by atoms with van der Waals surface area (Å²) < 4.78 is 32.7. The molecule has 2 rings (SSSR count). The number of nitrogens with one attached hydrogen (secondary N) is 1. The van der Waals surface area contributed by atoms with Crippen molar-refractivity contribution in [1.29, 1.82) is 0 Å². The molecule has 0 saturated carbocycles. The highest BCUT2D eigenvalue weighted by atomic mass is 19.1. The van der Waals surface area contributed by atoms with Gasteiger partial charge in [0.1, 0.15) is 6.61 Å². The fraction of sp³-hybridized carbons (Fsp3) is 0.200. The van der Waals surface area contributed by atoms with Crippen LogP contribution >= 0.6 is 0 Å². The van der Waals surface area contributed by atoms with Gasteiger partial charge in [-0.2, -0.15) is 0 Å². The first-order chi connectivity index (χ1) is 9.20. The maximum Gasteiger partial charge on any atom is 0.191 e. The fourth-order valence-electron chi connectivity index (χ4n) is 1.79. The summed E-state index contributed by atoms with van der Waals surface area (Å²) in [6.07, 6.45) is 0. The molecule has 0 fully saturated rings. The van der Waals surface area contributed by atoms with E-state index in [9.17, 15) is 8.78 Å². The van der Waals surface area contributed by atoms with Crippen molar-refractivity contribution < 1.29 is 13.5 Å². The minimum Gasteiger partial charge on any atom is -0.483 e. The van der Waals surface area contributed by atoms with Crippen molar-refractivity contribution in [3.8, 4) is 5.75 Å². The highest BCUT2D eigenvalue weighted by Gasteiger charge is 2.12. The molecule has 0 saturated heterocycles. The predicted octanol–water partition coefficient (Wildman–Crippen LogP) is 3.26. The van der Waals surface area contributed by atoms with Gasteiger partial charge in [0.25, 0.3) is 0 Å². The van der Waals surface area contributed by atoms with Gasteiger partial charge in [0.15, 0.2) is 17.4 Å². The fourth-order valence-corrected chi connectivity index (χ4v) is 1.79. The van der Waals surface area contributed by atoms with E-state index in [0.717, 1.165) is 5.56 Å². The van der Waals surface area contributed by atoms with Crippen molar-refractivity contribution >= 4 is 0 Å². The zero-order chi connectivity index (χ0) is 13.7. The SMILES string of the molecule is CNCc1cc(F)c(OCc2ccccc2)c(F)c1. The first-order valence-corrected chi connectivity index (χ1v) is 6.00. The van der Waals surface area contributed by atoms with E-state index in [2.05, 4.69) is 5.32 Å². The van der Waals surface area contributed by atoms with Crippen molar-refractivity contribution in [2.45, 2.75) is 13.2 Å². The van der Waals surface area contributed by atoms with Crippen LogP contribution < -0.4 is 10.1 Å². The molecule has 0 aliphatic heterocycles. The molecule has 0 radical (unpaired) electrons. The highest BCUT2D eigenvalue weighted by Crippen LogP contribution is 2.24. The summed E-state index contributed by atoms with van der Waals surface area (Å²) in [6.45, 7) is 0.548. The standard InChI is InChI=1S/C15H15F2NO/c1-18-9-12-7-13(16)15(14(17)8-12)19-10-11-5-3-2-4-6-11/h2-8,18H,9-10H2,1H3. The van der Waals surface area contributed by atoms with Crippen LogP contribution in [0.3, 0.4) is 0 Å². The Bertz CT molecular complexity index is 520. The van der Waals surface area contributed by atoms with E-state index in [1.807, 2.05) is 30.3 Å². The molecule has 0 aromatic heterocycles. The number of halogens is 2. The number of hydrogen-bond acceptors (Lipinski definition) is 2. The van der Waals surface area contributed by atoms with Gasteiger partial charge in [-0.05, 0) is 30.3 Å². The van der Waals surface area contributed by atoms with E-state index in [0.29, 0.717) is 12.1 Å². The average Bonchev–Trinajstić information content (AvgIpc) is 2.39. The van der Waals surface area contributed by atoms with E-state index in [4.69, 9.17) is 4.74 Å². The molecular formula is C15H15F2NO. The number of rotatable bonds is 5. The van der Waals surface area contributed by atoms with Gasteiger partial charge >= 0.3 is 0 Å². The Morgan fingerprint density at radius 2 is 1.63 bits per heavy atom. The van der Waals surface area contributed by atoms with E-state index in [1.165, 1.54) is 12.1 Å². The van der Waals surface area contributed by atoms with Gasteiger partial charge in [-0.1, -0.05) is 30.3 Å². The molecule has 0 aliphatic carbocycles. The molecule has 0 atom stereocenters. The highest BCUT2D eigenvalue weighted by molar-refractivity contribution is 5.31. The Morgan fingerprint density at radius 1 is 1.00 bits per heavy atom. The van der Waals surface area contributed by atoms with Crippen molar-refractivity contribution in [1.82, 2.24) is 5.32 Å². The van der Waals surface area contributed by atoms with Crippen LogP contribution in [0.4, 0.5) is 8.78 Å². The van der Waals surface area contributed by atoms with Crippen molar-refractivity contribution in [3.05, 3.63) is 65.2 Å². The third kappa shape index (κ3) is 3.51. The van der Waals surface area contributed by atoms with Gasteiger partial charge in [-0.15, -0.1) is 0 Å². The van der Waals surface area contributed by atoms with Crippen LogP contribution in [0.15, 0.2) is 42.5 Å². The number of ether oxygens (including phenoxy) is 1. The minimum atomic E-state index is -0.679. The molecule has 2 aromatic carbocycles. The van der Waals surface area contributed by atoms with E-state index in [1.54, 1.807) is 7.05 Å². The Balaban J connectivity index is 2.12. The summed E-state index contributed by atoms with van der Waals surface area (Å²) >= 11 is 0. The Labute approximate surface area is 111 Å². The van der Waals surface area contributed by atoms with Crippen LogP contribution in [0.5, 0.6) is 5.75 Å². The first-order valence-electron chi connectivity index (χ1n) is 6.00. The van der Waals surface area contributed by atoms with Gasteiger partial charge in [0, 0.05) is 6.54 Å². The molecule has 0 unspecified atom stereocenters. The number of hydrogen-bond donors (Lipinski definition) is 1. The lowest BCUT2D eigenvalue weighted by Gasteiger charge is -2.10. The molecule has 19 heavy (non-hydrogen) atoms. The lowest BCUT2D eigenvalue weighted by molar-refractivity contribution is 0.274. The van der Waals surface area contributed by atoms with Crippen LogP contribution in [0, 0.1) is 11.6 Å². The molecule has 0 spiro atoms. The lowest BCUT2D eigenvalue weighted by Crippen LogP contribution is -2.07. The molecule has 100 valence electrons. The number of benzene rings is 2. The summed E-state index contributed by atoms with van der Waals surface area (Å²) in [4.78, 5) is 0. The van der Waals surface area contributed by atoms with E-state index in [-0.39, 0.29) is 12.4 Å². The second kappa shape index (κ2) is 6.29. The predicted molar refractivity (Wildman–Crippen MR) is 69.9 cm³/mol. The Hall–Kier alpha value is -1.94. The molecule has 0 aliphatic rings. The van der Waals surface area contributed by atoms with Gasteiger partial charge in [-0.3, -0.25) is 0 Å². The van der Waals surface area contributed by atoms with Gasteiger partial charge < -0.3 is 10.1 Å². The van der Waals surface area contributed by atoms with Crippen LogP contribution in [-0.4, -0.2) is 7.05 Å². The topological polar surface area (TPSA) is 21.3 Å².